The van der Waals surface area contributed by atoms with Crippen molar-refractivity contribution >= 4 is 10.0 Å². The van der Waals surface area contributed by atoms with E-state index >= 15 is 0 Å². The molecule has 0 aliphatic carbocycles. The molecule has 0 aromatic heterocycles. The van der Waals surface area contributed by atoms with Crippen molar-refractivity contribution < 1.29 is 37.6 Å². The maximum absolute atomic E-state index is 14.0. The molecule has 3 atom stereocenters. The largest absolute Gasteiger partial charge is 0.494 e. The number of rotatable bonds is 19. The highest BCUT2D eigenvalue weighted by Gasteiger charge is 2.35. The first-order valence-corrected chi connectivity index (χ1v) is 16.5. The summed E-state index contributed by atoms with van der Waals surface area (Å²) in [7, 11) is -4.07. The second kappa shape index (κ2) is 17.8. The molecule has 1 aliphatic rings. The van der Waals surface area contributed by atoms with Crippen LogP contribution in [0.25, 0.3) is 0 Å². The molecular weight excluding hydrogens is 586 g/mol. The van der Waals surface area contributed by atoms with E-state index in [1.807, 2.05) is 44.2 Å². The molecule has 1 saturated heterocycles. The summed E-state index contributed by atoms with van der Waals surface area (Å²) in [5, 5.41) is 34.4. The molecule has 244 valence electrons. The smallest absolute Gasteiger partial charge is 0.243 e. The number of aliphatic hydroxyl groups is 2. The van der Waals surface area contributed by atoms with Gasteiger partial charge in [0.15, 0.2) is 0 Å². The average molecular weight is 634 g/mol. The number of aliphatic hydroxyl groups excluding tert-OH is 2. The van der Waals surface area contributed by atoms with Crippen molar-refractivity contribution in [3.8, 4) is 11.8 Å². The van der Waals surface area contributed by atoms with Gasteiger partial charge in [0.05, 0.1) is 36.9 Å². The molecule has 1 fully saturated rings. The van der Waals surface area contributed by atoms with Gasteiger partial charge in [-0.05, 0) is 54.5 Å². The topological polar surface area (TPSA) is 151 Å². The number of hydrogen-bond donors (Lipinski definition) is 3. The Labute approximate surface area is 261 Å². The second-order valence-corrected chi connectivity index (χ2v) is 13.7. The van der Waals surface area contributed by atoms with E-state index in [1.165, 1.54) is 16.4 Å². The number of benzene rings is 2. The first-order chi connectivity index (χ1) is 21.0. The molecule has 2 aromatic carbocycles. The van der Waals surface area contributed by atoms with E-state index in [4.69, 9.17) is 18.9 Å². The van der Waals surface area contributed by atoms with Crippen LogP contribution < -0.4 is 10.1 Å². The minimum atomic E-state index is -4.07. The first-order valence-electron chi connectivity index (χ1n) is 15.1. The lowest BCUT2D eigenvalue weighted by atomic mass is 9.88. The van der Waals surface area contributed by atoms with Gasteiger partial charge >= 0.3 is 0 Å². The molecule has 0 amide bonds. The van der Waals surface area contributed by atoms with Crippen molar-refractivity contribution in [3.05, 3.63) is 60.2 Å². The van der Waals surface area contributed by atoms with Gasteiger partial charge in [0.2, 0.25) is 16.4 Å². The van der Waals surface area contributed by atoms with Gasteiger partial charge in [0.25, 0.3) is 0 Å². The molecule has 2 unspecified atom stereocenters. The molecule has 11 nitrogen and oxygen atoms in total. The summed E-state index contributed by atoms with van der Waals surface area (Å²) in [6.07, 6.45) is -0.315. The van der Waals surface area contributed by atoms with E-state index in [2.05, 4.69) is 18.3 Å². The summed E-state index contributed by atoms with van der Waals surface area (Å²) >= 11 is 0. The van der Waals surface area contributed by atoms with Gasteiger partial charge in [-0.3, -0.25) is 5.32 Å². The fraction of sp³-hybridized carbons (Fsp3) is 0.594. The zero-order valence-corrected chi connectivity index (χ0v) is 26.7. The van der Waals surface area contributed by atoms with Crippen LogP contribution in [0.3, 0.4) is 0 Å². The quantitative estimate of drug-likeness (QED) is 0.155. The van der Waals surface area contributed by atoms with Gasteiger partial charge in [0.1, 0.15) is 18.6 Å². The van der Waals surface area contributed by atoms with Crippen LogP contribution >= 0.6 is 0 Å². The van der Waals surface area contributed by atoms with Gasteiger partial charge < -0.3 is 29.2 Å². The number of sulfonamides is 1. The number of nitrogens with one attached hydrogen (secondary N) is 1. The average Bonchev–Trinajstić information content (AvgIpc) is 3.00. The Balaban J connectivity index is 1.85. The van der Waals surface area contributed by atoms with E-state index in [1.54, 1.807) is 12.1 Å². The van der Waals surface area contributed by atoms with Crippen molar-refractivity contribution in [1.29, 1.82) is 5.26 Å². The molecule has 2 aromatic rings. The number of unbranched alkanes of at least 4 members (excludes halogenated alkanes) is 1. The van der Waals surface area contributed by atoms with Gasteiger partial charge in [0, 0.05) is 25.6 Å². The van der Waals surface area contributed by atoms with Crippen LogP contribution in [0.4, 0.5) is 0 Å². The third-order valence-corrected chi connectivity index (χ3v) is 9.18. The Kier molecular flexibility index (Phi) is 14.5. The molecule has 0 radical (unpaired) electrons. The molecule has 0 bridgehead atoms. The van der Waals surface area contributed by atoms with Gasteiger partial charge in [-0.2, -0.15) is 9.57 Å². The first kappa shape index (κ1) is 35.9. The van der Waals surface area contributed by atoms with Crippen LogP contribution in [0.5, 0.6) is 5.75 Å². The Morgan fingerprint density at radius 1 is 1.11 bits per heavy atom. The molecule has 44 heavy (non-hydrogen) atoms. The molecule has 12 heteroatoms. The Hall–Kier alpha value is -2.60. The van der Waals surface area contributed by atoms with Gasteiger partial charge in [-0.1, -0.05) is 57.5 Å². The Morgan fingerprint density at radius 2 is 1.80 bits per heavy atom. The zero-order chi connectivity index (χ0) is 32.0. The summed E-state index contributed by atoms with van der Waals surface area (Å²) in [5.74, 6) is 0.577. The zero-order valence-electron chi connectivity index (χ0n) is 25.9. The van der Waals surface area contributed by atoms with Crippen LogP contribution in [-0.4, -0.2) is 87.3 Å². The van der Waals surface area contributed by atoms with Crippen molar-refractivity contribution in [2.24, 2.45) is 5.41 Å². The number of ether oxygens (including phenoxy) is 4. The van der Waals surface area contributed by atoms with E-state index in [0.29, 0.717) is 18.8 Å². The third kappa shape index (κ3) is 11.7. The fourth-order valence-electron chi connectivity index (χ4n) is 4.85. The van der Waals surface area contributed by atoms with Crippen molar-refractivity contribution in [2.45, 2.75) is 82.4 Å². The predicted molar refractivity (Wildman–Crippen MR) is 165 cm³/mol. The monoisotopic (exact) mass is 633 g/mol. The lowest BCUT2D eigenvalue weighted by Gasteiger charge is -2.35. The van der Waals surface area contributed by atoms with Crippen LogP contribution in [0, 0.1) is 16.7 Å². The predicted octanol–water partition coefficient (Wildman–Crippen LogP) is 3.41. The molecule has 3 N–H and O–H groups in total. The van der Waals surface area contributed by atoms with Crippen LogP contribution in [0.15, 0.2) is 59.5 Å². The number of nitrogens with zero attached hydrogens (tertiary/aromatic N) is 2. The highest BCUT2D eigenvalue weighted by atomic mass is 32.2. The third-order valence-electron chi connectivity index (χ3n) is 7.35. The highest BCUT2D eigenvalue weighted by Crippen LogP contribution is 2.28. The standard InChI is InChI=1S/C32H47N3O8S/c1-4-5-18-42-26-12-14-28(15-13-26)44(38,39)35(23-32(2,3)16-9-17-33)20-30(36)29(19-25-10-7-6-8-11-25)34-31(37)43-27-21-40-24-41-22-27/h6-8,10-15,27,29-31,34,36-37H,4-5,9,16,18-24H2,1-3H3/t29-,30?,31?/m0/s1. The van der Waals surface area contributed by atoms with Crippen LogP contribution in [0.1, 0.15) is 52.0 Å². The minimum absolute atomic E-state index is 0.0662. The van der Waals surface area contributed by atoms with E-state index in [9.17, 15) is 23.9 Å². The number of hydrogen-bond acceptors (Lipinski definition) is 10. The molecular formula is C32H47N3O8S. The summed E-state index contributed by atoms with van der Waals surface area (Å²) in [6.45, 7) is 6.85. The van der Waals surface area contributed by atoms with E-state index in [0.717, 1.165) is 18.4 Å². The van der Waals surface area contributed by atoms with Crippen LogP contribution in [-0.2, 0) is 30.7 Å². The lowest BCUT2D eigenvalue weighted by Crippen LogP contribution is -2.54. The van der Waals surface area contributed by atoms with Crippen molar-refractivity contribution in [2.75, 3.05) is 39.7 Å². The highest BCUT2D eigenvalue weighted by molar-refractivity contribution is 7.89. The molecule has 1 aliphatic heterocycles. The van der Waals surface area contributed by atoms with Crippen molar-refractivity contribution in [1.82, 2.24) is 9.62 Å². The minimum Gasteiger partial charge on any atom is -0.494 e. The fourth-order valence-corrected chi connectivity index (χ4v) is 6.50. The SMILES string of the molecule is CCCCOc1ccc(S(=O)(=O)N(CC(O)[C@H](Cc2ccccc2)NC(O)OC2COCOC2)CC(C)(C)CCC#N)cc1. The second-order valence-electron chi connectivity index (χ2n) is 11.8. The van der Waals surface area contributed by atoms with E-state index < -0.39 is 40.1 Å². The Morgan fingerprint density at radius 3 is 2.43 bits per heavy atom. The summed E-state index contributed by atoms with van der Waals surface area (Å²) < 4.78 is 51.1. The van der Waals surface area contributed by atoms with Gasteiger partial charge in [-0.25, -0.2) is 8.42 Å². The molecule has 0 spiro atoms. The van der Waals surface area contributed by atoms with Crippen molar-refractivity contribution in [3.63, 3.8) is 0 Å². The summed E-state index contributed by atoms with van der Waals surface area (Å²) in [5.41, 5.74) is 0.320. The lowest BCUT2D eigenvalue weighted by molar-refractivity contribution is -0.229. The normalized spacial score (nSPS) is 16.8. The maximum Gasteiger partial charge on any atom is 0.243 e. The Bertz CT molecular complexity index is 1250. The van der Waals surface area contributed by atoms with E-state index in [-0.39, 0.29) is 50.8 Å². The summed E-state index contributed by atoms with van der Waals surface area (Å²) in [4.78, 5) is 0.0665. The summed E-state index contributed by atoms with van der Waals surface area (Å²) in [6, 6.07) is 17.0. The maximum atomic E-state index is 14.0. The van der Waals surface area contributed by atoms with Gasteiger partial charge in [-0.15, -0.1) is 0 Å². The molecule has 0 saturated carbocycles. The molecule has 1 heterocycles. The van der Waals surface area contributed by atoms with Crippen LogP contribution in [0.2, 0.25) is 0 Å². The molecule has 3 rings (SSSR count). The number of nitriles is 1.